The van der Waals surface area contributed by atoms with Crippen LogP contribution in [0.1, 0.15) is 53.2 Å². The highest BCUT2D eigenvalue weighted by molar-refractivity contribution is 6.30. The van der Waals surface area contributed by atoms with E-state index < -0.39 is 0 Å². The summed E-state index contributed by atoms with van der Waals surface area (Å²) in [5.74, 6) is 0.448. The van der Waals surface area contributed by atoms with Crippen LogP contribution in [0.3, 0.4) is 0 Å². The van der Waals surface area contributed by atoms with E-state index in [0.717, 1.165) is 41.7 Å². The lowest BCUT2D eigenvalue weighted by atomic mass is 9.96. The van der Waals surface area contributed by atoms with Crippen molar-refractivity contribution >= 4 is 28.7 Å². The Hall–Kier alpha value is -3.11. The number of benzene rings is 2. The molecule has 0 amide bonds. The largest absolute Gasteiger partial charge is 0.488 e. The predicted molar refractivity (Wildman–Crippen MR) is 123 cm³/mol. The van der Waals surface area contributed by atoms with Gasteiger partial charge in [0.1, 0.15) is 12.4 Å². The van der Waals surface area contributed by atoms with Gasteiger partial charge in [0.15, 0.2) is 0 Å². The zero-order chi connectivity index (χ0) is 21.6. The Morgan fingerprint density at radius 2 is 1.84 bits per heavy atom. The Labute approximate surface area is 187 Å². The lowest BCUT2D eigenvalue weighted by Gasteiger charge is -2.15. The maximum Gasteiger partial charge on any atom is 0.339 e. The third-order valence-corrected chi connectivity index (χ3v) is 5.55. The molecule has 0 radical (unpaired) electrons. The van der Waals surface area contributed by atoms with Gasteiger partial charge >= 0.3 is 5.97 Å². The number of allylic oxidation sites excluding steroid dienone is 2. The molecule has 0 N–H and O–H groups in total. The summed E-state index contributed by atoms with van der Waals surface area (Å²) >= 11 is 6.36. The predicted octanol–water partition coefficient (Wildman–Crippen LogP) is 6.59. The molecule has 158 valence electrons. The first-order chi connectivity index (χ1) is 15.2. The van der Waals surface area contributed by atoms with E-state index in [0.29, 0.717) is 23.8 Å². The number of aromatic nitrogens is 1. The molecular formula is C26H24ClNO3. The van der Waals surface area contributed by atoms with Crippen LogP contribution in [0.25, 0.3) is 11.1 Å². The molecule has 3 aromatic rings. The Bertz CT molecular complexity index is 1110. The smallest absolute Gasteiger partial charge is 0.339 e. The van der Waals surface area contributed by atoms with Crippen LogP contribution in [-0.2, 0) is 11.3 Å². The number of hydrogen-bond donors (Lipinski definition) is 0. The van der Waals surface area contributed by atoms with Crippen LogP contribution >= 0.6 is 11.6 Å². The highest BCUT2D eigenvalue weighted by atomic mass is 35.5. The second-order valence-electron chi connectivity index (χ2n) is 7.41. The molecule has 1 heterocycles. The number of hydrogen-bond acceptors (Lipinski definition) is 4. The van der Waals surface area contributed by atoms with Gasteiger partial charge in [-0.1, -0.05) is 41.9 Å². The molecule has 31 heavy (non-hydrogen) atoms. The van der Waals surface area contributed by atoms with Crippen molar-refractivity contribution in [3.63, 3.8) is 0 Å². The highest BCUT2D eigenvalue weighted by Gasteiger charge is 2.22. The van der Waals surface area contributed by atoms with Gasteiger partial charge < -0.3 is 9.47 Å². The molecular weight excluding hydrogens is 410 g/mol. The maximum absolute atomic E-state index is 12.2. The van der Waals surface area contributed by atoms with E-state index in [1.165, 1.54) is 11.1 Å². The quantitative estimate of drug-likeness (QED) is 0.394. The first-order valence-electron chi connectivity index (χ1n) is 10.5. The molecule has 4 rings (SSSR count). The van der Waals surface area contributed by atoms with Gasteiger partial charge in [-0.3, -0.25) is 4.98 Å². The fourth-order valence-corrected chi connectivity index (χ4v) is 4.06. The third kappa shape index (κ3) is 4.97. The van der Waals surface area contributed by atoms with Crippen LogP contribution in [0.5, 0.6) is 5.75 Å². The number of rotatable bonds is 7. The van der Waals surface area contributed by atoms with Crippen molar-refractivity contribution < 1.29 is 14.3 Å². The van der Waals surface area contributed by atoms with Gasteiger partial charge in [0.25, 0.3) is 0 Å². The van der Waals surface area contributed by atoms with Crippen LogP contribution in [0.4, 0.5) is 0 Å². The molecule has 1 aromatic heterocycles. The second kappa shape index (κ2) is 9.80. The Balaban J connectivity index is 1.69. The number of pyridine rings is 1. The molecule has 0 fully saturated rings. The van der Waals surface area contributed by atoms with Crippen molar-refractivity contribution in [1.29, 1.82) is 0 Å². The topological polar surface area (TPSA) is 48.4 Å². The number of nitrogens with zero attached hydrogens (tertiary/aromatic N) is 1. The normalized spacial score (nSPS) is 13.4. The van der Waals surface area contributed by atoms with E-state index in [4.69, 9.17) is 21.1 Å². The number of esters is 1. The summed E-state index contributed by atoms with van der Waals surface area (Å²) in [6.07, 6.45) is 6.21. The maximum atomic E-state index is 12.2. The summed E-state index contributed by atoms with van der Waals surface area (Å²) < 4.78 is 11.3. The minimum absolute atomic E-state index is 0.335. The van der Waals surface area contributed by atoms with Gasteiger partial charge in [-0.05, 0) is 72.7 Å². The molecule has 0 saturated carbocycles. The van der Waals surface area contributed by atoms with Crippen molar-refractivity contribution in [2.45, 2.75) is 32.8 Å². The average molecular weight is 434 g/mol. The van der Waals surface area contributed by atoms with Crippen molar-refractivity contribution in [2.75, 3.05) is 6.61 Å². The third-order valence-electron chi connectivity index (χ3n) is 5.32. The molecule has 1 aliphatic carbocycles. The first kappa shape index (κ1) is 21.1. The Kier molecular flexibility index (Phi) is 6.68. The van der Waals surface area contributed by atoms with E-state index in [1.54, 1.807) is 19.3 Å². The minimum atomic E-state index is -0.355. The molecule has 1 aliphatic rings. The van der Waals surface area contributed by atoms with Gasteiger partial charge in [-0.2, -0.15) is 0 Å². The summed E-state index contributed by atoms with van der Waals surface area (Å²) in [4.78, 5) is 16.5. The molecule has 0 bridgehead atoms. The highest BCUT2D eigenvalue weighted by Crippen LogP contribution is 2.43. The molecule has 0 spiro atoms. The monoisotopic (exact) mass is 433 g/mol. The fourth-order valence-electron chi connectivity index (χ4n) is 3.89. The van der Waals surface area contributed by atoms with Gasteiger partial charge in [0, 0.05) is 23.0 Å². The van der Waals surface area contributed by atoms with Crippen LogP contribution in [0, 0.1) is 0 Å². The standard InChI is InChI=1S/C26H24ClNO3/c1-2-30-26(29)20-13-19(15-28-16-20)22-9-6-10-23(22)24-14-21(27)11-12-25(24)31-17-18-7-4-3-5-8-18/h3-5,7-8,11-16H,2,6,9-10,17H2,1H3. The molecule has 0 saturated heterocycles. The van der Waals surface area contributed by atoms with Crippen molar-refractivity contribution in [3.05, 3.63) is 94.3 Å². The molecule has 2 aromatic carbocycles. The number of carbonyl (C=O) groups is 1. The lowest BCUT2D eigenvalue weighted by Crippen LogP contribution is -2.05. The summed E-state index contributed by atoms with van der Waals surface area (Å²) in [6.45, 7) is 2.61. The zero-order valence-electron chi connectivity index (χ0n) is 17.4. The fraction of sp³-hybridized carbons (Fsp3) is 0.231. The van der Waals surface area contributed by atoms with E-state index in [1.807, 2.05) is 54.6 Å². The SMILES string of the molecule is CCOC(=O)c1cncc(C2=C(c3cc(Cl)ccc3OCc3ccccc3)CCC2)c1. The molecule has 5 heteroatoms. The first-order valence-corrected chi connectivity index (χ1v) is 10.8. The summed E-state index contributed by atoms with van der Waals surface area (Å²) in [5.41, 5.74) is 5.86. The lowest BCUT2D eigenvalue weighted by molar-refractivity contribution is 0.0526. The van der Waals surface area contributed by atoms with Gasteiger partial charge in [0.05, 0.1) is 12.2 Å². The van der Waals surface area contributed by atoms with Crippen molar-refractivity contribution in [1.82, 2.24) is 4.98 Å². The van der Waals surface area contributed by atoms with Crippen LogP contribution in [0.2, 0.25) is 5.02 Å². The van der Waals surface area contributed by atoms with Crippen LogP contribution in [-0.4, -0.2) is 17.6 Å². The van der Waals surface area contributed by atoms with E-state index >= 15 is 0 Å². The van der Waals surface area contributed by atoms with E-state index in [2.05, 4.69) is 4.98 Å². The zero-order valence-corrected chi connectivity index (χ0v) is 18.2. The number of ether oxygens (including phenoxy) is 2. The van der Waals surface area contributed by atoms with Crippen LogP contribution < -0.4 is 4.74 Å². The summed E-state index contributed by atoms with van der Waals surface area (Å²) in [5, 5.41) is 0.666. The van der Waals surface area contributed by atoms with Gasteiger partial charge in [0.2, 0.25) is 0 Å². The van der Waals surface area contributed by atoms with Gasteiger partial charge in [-0.25, -0.2) is 4.79 Å². The average Bonchev–Trinajstić information content (AvgIpc) is 3.29. The number of carbonyl (C=O) groups excluding carboxylic acids is 1. The second-order valence-corrected chi connectivity index (χ2v) is 7.84. The Morgan fingerprint density at radius 3 is 2.65 bits per heavy atom. The minimum Gasteiger partial charge on any atom is -0.488 e. The van der Waals surface area contributed by atoms with Gasteiger partial charge in [-0.15, -0.1) is 0 Å². The molecule has 4 nitrogen and oxygen atoms in total. The molecule has 0 atom stereocenters. The summed E-state index contributed by atoms with van der Waals surface area (Å²) in [7, 11) is 0. The molecule has 0 aliphatic heterocycles. The molecule has 0 unspecified atom stereocenters. The number of halogens is 1. The van der Waals surface area contributed by atoms with Crippen LogP contribution in [0.15, 0.2) is 67.0 Å². The van der Waals surface area contributed by atoms with E-state index in [-0.39, 0.29) is 5.97 Å². The Morgan fingerprint density at radius 1 is 1.03 bits per heavy atom. The summed E-state index contributed by atoms with van der Waals surface area (Å²) in [6, 6.07) is 17.7. The van der Waals surface area contributed by atoms with Crippen molar-refractivity contribution in [2.24, 2.45) is 0 Å². The van der Waals surface area contributed by atoms with Crippen molar-refractivity contribution in [3.8, 4) is 5.75 Å². The van der Waals surface area contributed by atoms with E-state index in [9.17, 15) is 4.79 Å².